The molecule has 0 aromatic heterocycles. The van der Waals surface area contributed by atoms with E-state index in [2.05, 4.69) is 0 Å². The van der Waals surface area contributed by atoms with Crippen LogP contribution in [0.15, 0.2) is 22.7 Å². The largest absolute Gasteiger partial charge is 0.480 e. The Kier molecular flexibility index (Phi) is 3.39. The molecule has 3 aliphatic rings. The van der Waals surface area contributed by atoms with Crippen LogP contribution in [0, 0.1) is 16.2 Å². The number of ketones is 2. The van der Waals surface area contributed by atoms with E-state index in [1.165, 1.54) is 6.92 Å². The van der Waals surface area contributed by atoms with E-state index in [1.54, 1.807) is 0 Å². The summed E-state index contributed by atoms with van der Waals surface area (Å²) in [7, 11) is 0. The Morgan fingerprint density at radius 2 is 1.21 bits per heavy atom. The van der Waals surface area contributed by atoms with Crippen LogP contribution in [0.4, 0.5) is 0 Å². The van der Waals surface area contributed by atoms with Gasteiger partial charge in [0.15, 0.2) is 11.6 Å². The summed E-state index contributed by atoms with van der Waals surface area (Å²) in [4.78, 5) is 37.6. The van der Waals surface area contributed by atoms with Gasteiger partial charge < -0.3 is 9.84 Å². The van der Waals surface area contributed by atoms with Crippen LogP contribution in [0.2, 0.25) is 0 Å². The second kappa shape index (κ2) is 4.80. The molecule has 0 radical (unpaired) electrons. The smallest absolute Gasteiger partial charge is 0.318 e. The first-order chi connectivity index (χ1) is 10.9. The lowest BCUT2D eigenvalue weighted by molar-refractivity contribution is -0.147. The van der Waals surface area contributed by atoms with Gasteiger partial charge in [-0.2, -0.15) is 0 Å². The molecule has 1 aliphatic heterocycles. The Hall–Kier alpha value is -1.91. The van der Waals surface area contributed by atoms with Gasteiger partial charge in [-0.15, -0.1) is 0 Å². The zero-order chi connectivity index (χ0) is 18.1. The van der Waals surface area contributed by atoms with Crippen molar-refractivity contribution in [1.82, 2.24) is 0 Å². The maximum Gasteiger partial charge on any atom is 0.318 e. The molecule has 5 nitrogen and oxygen atoms in total. The van der Waals surface area contributed by atoms with E-state index in [1.807, 2.05) is 27.7 Å². The number of rotatable bonds is 1. The molecule has 130 valence electrons. The quantitative estimate of drug-likeness (QED) is 0.796. The third-order valence-electron chi connectivity index (χ3n) is 5.35. The number of aliphatic carboxylic acids is 1. The van der Waals surface area contributed by atoms with Gasteiger partial charge in [-0.1, -0.05) is 27.7 Å². The van der Waals surface area contributed by atoms with E-state index in [9.17, 15) is 19.5 Å². The highest BCUT2D eigenvalue weighted by atomic mass is 16.5. The number of carboxylic acid groups (broad SMARTS) is 1. The van der Waals surface area contributed by atoms with Gasteiger partial charge in [0.25, 0.3) is 0 Å². The Morgan fingerprint density at radius 3 is 1.54 bits per heavy atom. The van der Waals surface area contributed by atoms with Gasteiger partial charge in [-0.05, 0) is 17.8 Å². The molecule has 0 saturated heterocycles. The van der Waals surface area contributed by atoms with E-state index in [0.717, 1.165) is 0 Å². The monoisotopic (exact) mass is 332 g/mol. The lowest BCUT2D eigenvalue weighted by Crippen LogP contribution is -2.47. The second-order valence-electron chi connectivity index (χ2n) is 9.01. The molecule has 0 unspecified atom stereocenters. The van der Waals surface area contributed by atoms with Crippen LogP contribution in [0.5, 0.6) is 0 Å². The average Bonchev–Trinajstić information content (AvgIpc) is 2.32. The van der Waals surface area contributed by atoms with Crippen LogP contribution in [0.3, 0.4) is 0 Å². The zero-order valence-electron chi connectivity index (χ0n) is 14.9. The number of carbonyl (C=O) groups excluding carboxylic acids is 2. The highest BCUT2D eigenvalue weighted by Crippen LogP contribution is 2.55. The summed E-state index contributed by atoms with van der Waals surface area (Å²) in [5.41, 5.74) is -1.82. The van der Waals surface area contributed by atoms with Gasteiger partial charge in [0.2, 0.25) is 0 Å². The van der Waals surface area contributed by atoms with Gasteiger partial charge in [-0.25, -0.2) is 0 Å². The fraction of sp³-hybridized carbons (Fsp3) is 0.632. The lowest BCUT2D eigenvalue weighted by atomic mass is 9.61. The summed E-state index contributed by atoms with van der Waals surface area (Å²) in [5, 5.41) is 9.94. The predicted molar refractivity (Wildman–Crippen MR) is 86.9 cm³/mol. The molecule has 0 bridgehead atoms. The van der Waals surface area contributed by atoms with E-state index in [-0.39, 0.29) is 46.4 Å². The topological polar surface area (TPSA) is 80.7 Å². The number of ether oxygens (including phenoxy) is 1. The number of Topliss-reactive ketones (excluding diaryl/α,β-unsaturated/α-hetero) is 2. The molecule has 0 spiro atoms. The zero-order valence-corrected chi connectivity index (χ0v) is 14.9. The summed E-state index contributed by atoms with van der Waals surface area (Å²) in [6.45, 7) is 9.35. The van der Waals surface area contributed by atoms with E-state index >= 15 is 0 Å². The first-order valence-electron chi connectivity index (χ1n) is 8.32. The summed E-state index contributed by atoms with van der Waals surface area (Å²) in [6.07, 6.45) is 1.53. The predicted octanol–water partition coefficient (Wildman–Crippen LogP) is 3.39. The van der Waals surface area contributed by atoms with Crippen molar-refractivity contribution >= 4 is 17.5 Å². The molecule has 0 aromatic carbocycles. The molecule has 3 rings (SSSR count). The highest BCUT2D eigenvalue weighted by molar-refractivity contribution is 6.12. The normalized spacial score (nSPS) is 27.4. The molecule has 1 heterocycles. The van der Waals surface area contributed by atoms with Crippen molar-refractivity contribution in [3.63, 3.8) is 0 Å². The summed E-state index contributed by atoms with van der Waals surface area (Å²) in [6, 6.07) is 0. The molecule has 5 heteroatoms. The number of carboxylic acids is 1. The third kappa shape index (κ3) is 2.33. The summed E-state index contributed by atoms with van der Waals surface area (Å²) >= 11 is 0. The fourth-order valence-corrected chi connectivity index (χ4v) is 4.31. The average molecular weight is 332 g/mol. The standard InChI is InChI=1S/C19H24O5/c1-17(2)6-10(20)14-12(8-17)24-13-9-18(3,4)7-11(21)15(13)19(14,5)16(22)23/h6-9H2,1-5H3,(H,22,23). The molecular weight excluding hydrogens is 308 g/mol. The van der Waals surface area contributed by atoms with Crippen LogP contribution in [-0.2, 0) is 19.1 Å². The number of allylic oxidation sites excluding steroid dienone is 2. The van der Waals surface area contributed by atoms with Crippen LogP contribution < -0.4 is 0 Å². The van der Waals surface area contributed by atoms with Crippen molar-refractivity contribution in [1.29, 1.82) is 0 Å². The van der Waals surface area contributed by atoms with Crippen LogP contribution in [0.1, 0.15) is 60.3 Å². The molecular formula is C19H24O5. The van der Waals surface area contributed by atoms with Gasteiger partial charge in [-0.3, -0.25) is 14.4 Å². The van der Waals surface area contributed by atoms with Crippen molar-refractivity contribution < 1.29 is 24.2 Å². The second-order valence-corrected chi connectivity index (χ2v) is 9.01. The summed E-state index contributed by atoms with van der Waals surface area (Å²) in [5.74, 6) is -0.742. The number of hydrogen-bond donors (Lipinski definition) is 1. The Balaban J connectivity index is 2.23. The third-order valence-corrected chi connectivity index (χ3v) is 5.35. The van der Waals surface area contributed by atoms with Crippen molar-refractivity contribution in [2.24, 2.45) is 16.2 Å². The number of hydrogen-bond acceptors (Lipinski definition) is 4. The van der Waals surface area contributed by atoms with Crippen molar-refractivity contribution in [3.8, 4) is 0 Å². The minimum absolute atomic E-state index is 0.168. The molecule has 0 saturated carbocycles. The van der Waals surface area contributed by atoms with Crippen LogP contribution in [0.25, 0.3) is 0 Å². The van der Waals surface area contributed by atoms with E-state index in [4.69, 9.17) is 4.74 Å². The molecule has 0 aromatic rings. The minimum Gasteiger partial charge on any atom is -0.480 e. The molecule has 2 aliphatic carbocycles. The van der Waals surface area contributed by atoms with Gasteiger partial charge in [0.05, 0.1) is 11.1 Å². The van der Waals surface area contributed by atoms with E-state index in [0.29, 0.717) is 24.4 Å². The first-order valence-corrected chi connectivity index (χ1v) is 8.32. The summed E-state index contributed by atoms with van der Waals surface area (Å²) < 4.78 is 6.01. The Bertz CT molecular complexity index is 681. The Labute approximate surface area is 141 Å². The minimum atomic E-state index is -1.61. The van der Waals surface area contributed by atoms with Crippen molar-refractivity contribution in [2.45, 2.75) is 60.3 Å². The lowest BCUT2D eigenvalue weighted by Gasteiger charge is -2.45. The van der Waals surface area contributed by atoms with Gasteiger partial charge in [0.1, 0.15) is 16.9 Å². The molecule has 24 heavy (non-hydrogen) atoms. The molecule has 0 fully saturated rings. The SMILES string of the molecule is CC1(C)CC(=O)C2=C(C1)OC1=C(C(=O)CC(C)(C)C1)C2(C)C(=O)O. The fourth-order valence-electron chi connectivity index (χ4n) is 4.31. The van der Waals surface area contributed by atoms with Gasteiger partial charge in [0, 0.05) is 25.7 Å². The van der Waals surface area contributed by atoms with Gasteiger partial charge >= 0.3 is 5.97 Å². The maximum atomic E-state index is 12.7. The molecule has 1 N–H and O–H groups in total. The molecule has 0 atom stereocenters. The van der Waals surface area contributed by atoms with Crippen LogP contribution in [-0.4, -0.2) is 22.6 Å². The highest BCUT2D eigenvalue weighted by Gasteiger charge is 2.57. The van der Waals surface area contributed by atoms with Crippen molar-refractivity contribution in [3.05, 3.63) is 22.7 Å². The van der Waals surface area contributed by atoms with Crippen molar-refractivity contribution in [2.75, 3.05) is 0 Å². The van der Waals surface area contributed by atoms with E-state index < -0.39 is 11.4 Å². The maximum absolute atomic E-state index is 12.7. The first kappa shape index (κ1) is 16.9. The molecule has 0 amide bonds. The number of carbonyl (C=O) groups is 3. The Morgan fingerprint density at radius 1 is 0.833 bits per heavy atom. The van der Waals surface area contributed by atoms with Crippen LogP contribution >= 0.6 is 0 Å².